The molecular formula is C11H7Cl2NO2S. The van der Waals surface area contributed by atoms with Gasteiger partial charge in [-0.25, -0.2) is 4.98 Å². The first-order valence-electron chi connectivity index (χ1n) is 4.68. The van der Waals surface area contributed by atoms with E-state index in [9.17, 15) is 4.79 Å². The van der Waals surface area contributed by atoms with E-state index in [1.54, 1.807) is 23.6 Å². The lowest BCUT2D eigenvalue weighted by Crippen LogP contribution is -1.99. The molecule has 88 valence electrons. The van der Waals surface area contributed by atoms with Crippen LogP contribution >= 0.6 is 34.5 Å². The number of carbonyl (C=O) groups is 1. The topological polar surface area (TPSA) is 50.2 Å². The second-order valence-corrected chi connectivity index (χ2v) is 5.05. The van der Waals surface area contributed by atoms with Gasteiger partial charge in [0.2, 0.25) is 0 Å². The molecule has 3 nitrogen and oxygen atoms in total. The van der Waals surface area contributed by atoms with Crippen LogP contribution in [0.3, 0.4) is 0 Å². The zero-order valence-corrected chi connectivity index (χ0v) is 10.8. The Morgan fingerprint density at radius 2 is 2.00 bits per heavy atom. The van der Waals surface area contributed by atoms with Gasteiger partial charge in [0.1, 0.15) is 5.01 Å². The Morgan fingerprint density at radius 1 is 1.35 bits per heavy atom. The molecule has 0 aliphatic rings. The van der Waals surface area contributed by atoms with Crippen molar-refractivity contribution in [3.63, 3.8) is 0 Å². The highest BCUT2D eigenvalue weighted by molar-refractivity contribution is 7.10. The number of aromatic nitrogens is 1. The number of halogens is 2. The maximum absolute atomic E-state index is 10.6. The van der Waals surface area contributed by atoms with Gasteiger partial charge in [0, 0.05) is 10.9 Å². The Morgan fingerprint density at radius 3 is 2.59 bits per heavy atom. The minimum absolute atomic E-state index is 0.0905. The van der Waals surface area contributed by atoms with Crippen molar-refractivity contribution in [1.29, 1.82) is 0 Å². The third-order valence-corrected chi connectivity index (χ3v) is 3.55. The van der Waals surface area contributed by atoms with Gasteiger partial charge in [0.25, 0.3) is 0 Å². The van der Waals surface area contributed by atoms with Crippen molar-refractivity contribution in [2.45, 2.75) is 6.42 Å². The highest BCUT2D eigenvalue weighted by Crippen LogP contribution is 2.34. The summed E-state index contributed by atoms with van der Waals surface area (Å²) in [5.74, 6) is -0.906. The van der Waals surface area contributed by atoms with Crippen molar-refractivity contribution in [2.75, 3.05) is 0 Å². The molecule has 17 heavy (non-hydrogen) atoms. The van der Waals surface area contributed by atoms with Gasteiger partial charge in [0.05, 0.1) is 22.2 Å². The van der Waals surface area contributed by atoms with Gasteiger partial charge in [-0.3, -0.25) is 4.79 Å². The lowest BCUT2D eigenvalue weighted by molar-refractivity contribution is -0.136. The Balaban J connectivity index is 2.40. The highest BCUT2D eigenvalue weighted by atomic mass is 35.5. The van der Waals surface area contributed by atoms with Crippen LogP contribution in [0.1, 0.15) is 5.01 Å². The molecule has 1 heterocycles. The maximum atomic E-state index is 10.6. The fourth-order valence-electron chi connectivity index (χ4n) is 1.38. The summed E-state index contributed by atoms with van der Waals surface area (Å²) in [6.45, 7) is 0. The highest BCUT2D eigenvalue weighted by Gasteiger charge is 2.13. The van der Waals surface area contributed by atoms with Crippen LogP contribution in [0, 0.1) is 0 Å². The molecule has 2 rings (SSSR count). The molecule has 0 saturated carbocycles. The predicted octanol–water partition coefficient (Wildman–Crippen LogP) is 3.74. The molecule has 6 heteroatoms. The molecule has 0 unspecified atom stereocenters. The summed E-state index contributed by atoms with van der Waals surface area (Å²) in [6, 6.07) is 5.19. The summed E-state index contributed by atoms with van der Waals surface area (Å²) < 4.78 is 0. The summed E-state index contributed by atoms with van der Waals surface area (Å²) in [6.07, 6.45) is -0.0905. The van der Waals surface area contributed by atoms with E-state index >= 15 is 0 Å². The smallest absolute Gasteiger partial charge is 0.310 e. The minimum Gasteiger partial charge on any atom is -0.481 e. The summed E-state index contributed by atoms with van der Waals surface area (Å²) in [7, 11) is 0. The van der Waals surface area contributed by atoms with Crippen LogP contribution in [0.25, 0.3) is 11.3 Å². The molecule has 0 aliphatic heterocycles. The van der Waals surface area contributed by atoms with Crippen LogP contribution in [-0.2, 0) is 11.2 Å². The van der Waals surface area contributed by atoms with Crippen LogP contribution in [0.4, 0.5) is 0 Å². The molecule has 1 N–H and O–H groups in total. The fraction of sp³-hybridized carbons (Fsp3) is 0.0909. The zero-order valence-electron chi connectivity index (χ0n) is 8.48. The van der Waals surface area contributed by atoms with Crippen molar-refractivity contribution in [1.82, 2.24) is 4.98 Å². The molecule has 0 saturated heterocycles. The monoisotopic (exact) mass is 287 g/mol. The average Bonchev–Trinajstić information content (AvgIpc) is 2.65. The largest absolute Gasteiger partial charge is 0.481 e. The van der Waals surface area contributed by atoms with Gasteiger partial charge in [-0.15, -0.1) is 11.3 Å². The van der Waals surface area contributed by atoms with Crippen LogP contribution in [0.15, 0.2) is 23.6 Å². The quantitative estimate of drug-likeness (QED) is 0.935. The van der Waals surface area contributed by atoms with Crippen LogP contribution < -0.4 is 0 Å². The Bertz CT molecular complexity index is 548. The number of benzene rings is 1. The van der Waals surface area contributed by atoms with Crippen LogP contribution in [0.2, 0.25) is 10.0 Å². The Kier molecular flexibility index (Phi) is 3.66. The molecule has 0 fully saturated rings. The Hall–Kier alpha value is -1.10. The van der Waals surface area contributed by atoms with Crippen molar-refractivity contribution in [2.24, 2.45) is 0 Å². The van der Waals surface area contributed by atoms with Crippen molar-refractivity contribution in [3.8, 4) is 11.3 Å². The van der Waals surface area contributed by atoms with Crippen molar-refractivity contribution < 1.29 is 9.90 Å². The number of carboxylic acids is 1. The average molecular weight is 288 g/mol. The first-order valence-corrected chi connectivity index (χ1v) is 6.32. The van der Waals surface area contributed by atoms with Gasteiger partial charge in [-0.05, 0) is 12.1 Å². The first kappa shape index (κ1) is 12.4. The van der Waals surface area contributed by atoms with Crippen LogP contribution in [-0.4, -0.2) is 16.1 Å². The summed E-state index contributed by atoms with van der Waals surface area (Å²) in [5, 5.41) is 12.0. The first-order chi connectivity index (χ1) is 8.08. The standard InChI is InChI=1S/C11H7Cl2NO2S/c12-6-2-1-3-7(13)11(6)8-5-17-9(14-8)4-10(15)16/h1-3,5H,4H2,(H,15,16). The molecule has 0 amide bonds. The van der Waals surface area contributed by atoms with Gasteiger partial charge in [-0.2, -0.15) is 0 Å². The summed E-state index contributed by atoms with van der Waals surface area (Å²) in [5.41, 5.74) is 1.26. The zero-order chi connectivity index (χ0) is 12.4. The number of nitrogens with zero attached hydrogens (tertiary/aromatic N) is 1. The molecule has 1 aromatic carbocycles. The molecular weight excluding hydrogens is 281 g/mol. The molecule has 0 radical (unpaired) electrons. The molecule has 0 atom stereocenters. The number of thiazole rings is 1. The second kappa shape index (κ2) is 5.04. The van der Waals surface area contributed by atoms with Gasteiger partial charge >= 0.3 is 5.97 Å². The van der Waals surface area contributed by atoms with Gasteiger partial charge in [0.15, 0.2) is 0 Å². The SMILES string of the molecule is O=C(O)Cc1nc(-c2c(Cl)cccc2Cl)cs1. The number of rotatable bonds is 3. The minimum atomic E-state index is -0.906. The van der Waals surface area contributed by atoms with Gasteiger partial charge < -0.3 is 5.11 Å². The normalized spacial score (nSPS) is 10.5. The third-order valence-electron chi connectivity index (χ3n) is 2.07. The van der Waals surface area contributed by atoms with E-state index in [1.165, 1.54) is 11.3 Å². The molecule has 0 aliphatic carbocycles. The van der Waals surface area contributed by atoms with Crippen molar-refractivity contribution in [3.05, 3.63) is 38.6 Å². The lowest BCUT2D eigenvalue weighted by Gasteiger charge is -2.02. The van der Waals surface area contributed by atoms with E-state index in [0.717, 1.165) is 0 Å². The second-order valence-electron chi connectivity index (χ2n) is 3.29. The van der Waals surface area contributed by atoms with Crippen molar-refractivity contribution >= 4 is 40.5 Å². The number of hydrogen-bond donors (Lipinski definition) is 1. The number of hydrogen-bond acceptors (Lipinski definition) is 3. The fourth-order valence-corrected chi connectivity index (χ4v) is 2.75. The number of aliphatic carboxylic acids is 1. The van der Waals surface area contributed by atoms with E-state index in [4.69, 9.17) is 28.3 Å². The van der Waals surface area contributed by atoms with E-state index in [0.29, 0.717) is 26.3 Å². The molecule has 2 aromatic rings. The number of carboxylic acid groups (broad SMARTS) is 1. The Labute approximate surface area is 112 Å². The summed E-state index contributed by atoms with van der Waals surface area (Å²) >= 11 is 13.4. The molecule has 0 spiro atoms. The predicted molar refractivity (Wildman–Crippen MR) is 68.9 cm³/mol. The van der Waals surface area contributed by atoms with E-state index in [1.807, 2.05) is 0 Å². The summed E-state index contributed by atoms with van der Waals surface area (Å²) in [4.78, 5) is 14.8. The maximum Gasteiger partial charge on any atom is 0.310 e. The van der Waals surface area contributed by atoms with E-state index in [2.05, 4.69) is 4.98 Å². The molecule has 1 aromatic heterocycles. The van der Waals surface area contributed by atoms with Crippen LogP contribution in [0.5, 0.6) is 0 Å². The lowest BCUT2D eigenvalue weighted by atomic mass is 10.2. The molecule has 0 bridgehead atoms. The van der Waals surface area contributed by atoms with Gasteiger partial charge in [-0.1, -0.05) is 29.3 Å². The van der Waals surface area contributed by atoms with E-state index < -0.39 is 5.97 Å². The van der Waals surface area contributed by atoms with E-state index in [-0.39, 0.29) is 6.42 Å². The third kappa shape index (κ3) is 2.77.